The highest BCUT2D eigenvalue weighted by Gasteiger charge is 2.27. The second kappa shape index (κ2) is 9.21. The molecule has 0 fully saturated rings. The van der Waals surface area contributed by atoms with E-state index in [-0.39, 0.29) is 11.5 Å². The van der Waals surface area contributed by atoms with Gasteiger partial charge in [0.1, 0.15) is 0 Å². The lowest BCUT2D eigenvalue weighted by Gasteiger charge is -2.25. The summed E-state index contributed by atoms with van der Waals surface area (Å²) in [6.45, 7) is 4.83. The molecule has 3 nitrogen and oxygen atoms in total. The number of halogens is 2. The van der Waals surface area contributed by atoms with Crippen LogP contribution in [0.4, 0.5) is 8.78 Å². The summed E-state index contributed by atoms with van der Waals surface area (Å²) >= 11 is 0. The van der Waals surface area contributed by atoms with Gasteiger partial charge in [0, 0.05) is 19.1 Å². The van der Waals surface area contributed by atoms with Crippen molar-refractivity contribution in [2.45, 2.75) is 65.1 Å². The van der Waals surface area contributed by atoms with Gasteiger partial charge in [-0.2, -0.15) is 8.78 Å². The molecule has 0 amide bonds. The van der Waals surface area contributed by atoms with Crippen LogP contribution in [0.1, 0.15) is 57.9 Å². The molecule has 0 saturated carbocycles. The molecule has 1 heterocycles. The molecule has 0 aromatic heterocycles. The van der Waals surface area contributed by atoms with Crippen molar-refractivity contribution in [3.8, 4) is 11.5 Å². The van der Waals surface area contributed by atoms with Gasteiger partial charge in [0.05, 0.1) is 6.61 Å². The quantitative estimate of drug-likeness (QED) is 0.574. The van der Waals surface area contributed by atoms with E-state index in [2.05, 4.69) is 13.8 Å². The van der Waals surface area contributed by atoms with E-state index in [0.717, 1.165) is 19.3 Å². The highest BCUT2D eigenvalue weighted by atomic mass is 19.2. The van der Waals surface area contributed by atoms with Gasteiger partial charge in [0.15, 0.2) is 17.8 Å². The Labute approximate surface area is 143 Å². The summed E-state index contributed by atoms with van der Waals surface area (Å²) < 4.78 is 44.2. The second-order valence-corrected chi connectivity index (χ2v) is 6.55. The predicted octanol–water partition coefficient (Wildman–Crippen LogP) is 5.25. The molecule has 0 N–H and O–H groups in total. The molecule has 0 saturated heterocycles. The Bertz CT molecular complexity index is 534. The Hall–Kier alpha value is -1.36. The molecule has 0 aliphatic carbocycles. The fraction of sp³-hybridized carbons (Fsp3) is 0.684. The predicted molar refractivity (Wildman–Crippen MR) is 89.5 cm³/mol. The highest BCUT2D eigenvalue weighted by molar-refractivity contribution is 5.44. The fourth-order valence-corrected chi connectivity index (χ4v) is 3.10. The fourth-order valence-electron chi connectivity index (χ4n) is 3.10. The SMILES string of the molecule is CCCC(C)CCCCOc1cc2c(c(F)c1F)OC(OC)CC2. The Morgan fingerprint density at radius 1 is 1.25 bits per heavy atom. The van der Waals surface area contributed by atoms with Gasteiger partial charge < -0.3 is 14.2 Å². The lowest BCUT2D eigenvalue weighted by atomic mass is 9.99. The van der Waals surface area contributed by atoms with Crippen molar-refractivity contribution in [2.24, 2.45) is 5.92 Å². The topological polar surface area (TPSA) is 27.7 Å². The molecule has 2 rings (SSSR count). The summed E-state index contributed by atoms with van der Waals surface area (Å²) in [7, 11) is 1.49. The molecule has 1 aliphatic heterocycles. The normalized spacial score (nSPS) is 18.0. The van der Waals surface area contributed by atoms with Crippen molar-refractivity contribution >= 4 is 0 Å². The first-order chi connectivity index (χ1) is 11.6. The molecule has 1 aromatic carbocycles. The third-order valence-corrected chi connectivity index (χ3v) is 4.50. The monoisotopic (exact) mass is 342 g/mol. The first kappa shape index (κ1) is 19.0. The lowest BCUT2D eigenvalue weighted by molar-refractivity contribution is -0.0679. The van der Waals surface area contributed by atoms with Gasteiger partial charge in [-0.1, -0.05) is 33.1 Å². The van der Waals surface area contributed by atoms with Gasteiger partial charge in [-0.3, -0.25) is 0 Å². The number of benzene rings is 1. The van der Waals surface area contributed by atoms with Crippen LogP contribution in [-0.2, 0) is 11.2 Å². The third-order valence-electron chi connectivity index (χ3n) is 4.50. The second-order valence-electron chi connectivity index (χ2n) is 6.55. The van der Waals surface area contributed by atoms with Crippen LogP contribution in [0.5, 0.6) is 11.5 Å². The number of fused-ring (bicyclic) bond motifs is 1. The minimum Gasteiger partial charge on any atom is -0.490 e. The molecular weight excluding hydrogens is 314 g/mol. The van der Waals surface area contributed by atoms with E-state index in [4.69, 9.17) is 14.2 Å². The minimum absolute atomic E-state index is 0.0210. The van der Waals surface area contributed by atoms with Crippen molar-refractivity contribution < 1.29 is 23.0 Å². The summed E-state index contributed by atoms with van der Waals surface area (Å²) in [5.74, 6) is -1.33. The van der Waals surface area contributed by atoms with Crippen LogP contribution in [0.2, 0.25) is 0 Å². The maximum atomic E-state index is 14.2. The Kier molecular flexibility index (Phi) is 7.28. The molecule has 0 radical (unpaired) electrons. The van der Waals surface area contributed by atoms with E-state index in [9.17, 15) is 8.78 Å². The summed E-state index contributed by atoms with van der Waals surface area (Å²) in [5.41, 5.74) is 0.633. The summed E-state index contributed by atoms with van der Waals surface area (Å²) in [6.07, 6.45) is 6.12. The minimum atomic E-state index is -0.985. The van der Waals surface area contributed by atoms with Gasteiger partial charge in [0.2, 0.25) is 11.6 Å². The van der Waals surface area contributed by atoms with E-state index >= 15 is 0 Å². The maximum absolute atomic E-state index is 14.2. The van der Waals surface area contributed by atoms with E-state index in [1.54, 1.807) is 6.07 Å². The average molecular weight is 342 g/mol. The molecular formula is C19H28F2O3. The number of rotatable bonds is 9. The van der Waals surface area contributed by atoms with E-state index in [0.29, 0.717) is 30.9 Å². The smallest absolute Gasteiger partial charge is 0.204 e. The zero-order valence-electron chi connectivity index (χ0n) is 14.9. The van der Waals surface area contributed by atoms with Crippen LogP contribution < -0.4 is 9.47 Å². The Morgan fingerprint density at radius 2 is 2.04 bits per heavy atom. The van der Waals surface area contributed by atoms with Gasteiger partial charge in [0.25, 0.3) is 0 Å². The van der Waals surface area contributed by atoms with Crippen molar-refractivity contribution in [1.82, 2.24) is 0 Å². The van der Waals surface area contributed by atoms with Crippen LogP contribution in [0.15, 0.2) is 6.07 Å². The molecule has 2 unspecified atom stereocenters. The maximum Gasteiger partial charge on any atom is 0.204 e. The number of hydrogen-bond donors (Lipinski definition) is 0. The molecule has 2 atom stereocenters. The lowest BCUT2D eigenvalue weighted by Crippen LogP contribution is -2.25. The summed E-state index contributed by atoms with van der Waals surface area (Å²) in [6, 6.07) is 1.55. The third kappa shape index (κ3) is 4.82. The molecule has 1 aromatic rings. The number of methoxy groups -OCH3 is 1. The highest BCUT2D eigenvalue weighted by Crippen LogP contribution is 2.36. The van der Waals surface area contributed by atoms with Crippen LogP contribution in [0, 0.1) is 17.6 Å². The van der Waals surface area contributed by atoms with Crippen LogP contribution in [-0.4, -0.2) is 20.0 Å². The van der Waals surface area contributed by atoms with Gasteiger partial charge in [-0.25, -0.2) is 0 Å². The zero-order valence-corrected chi connectivity index (χ0v) is 14.9. The van der Waals surface area contributed by atoms with E-state index in [1.165, 1.54) is 20.0 Å². The Balaban J connectivity index is 1.89. The van der Waals surface area contributed by atoms with Crippen LogP contribution in [0.3, 0.4) is 0 Å². The average Bonchev–Trinajstić information content (AvgIpc) is 2.58. The molecule has 5 heteroatoms. The van der Waals surface area contributed by atoms with Gasteiger partial charge >= 0.3 is 0 Å². The van der Waals surface area contributed by atoms with E-state index in [1.807, 2.05) is 0 Å². The van der Waals surface area contributed by atoms with Crippen LogP contribution in [0.25, 0.3) is 0 Å². The molecule has 0 bridgehead atoms. The number of ether oxygens (including phenoxy) is 3. The standard InChI is InChI=1S/C19H28F2O3/c1-4-7-13(2)8-5-6-11-23-15-12-14-9-10-16(22-3)24-19(14)18(21)17(15)20/h12-13,16H,4-11H2,1-3H3. The largest absolute Gasteiger partial charge is 0.490 e. The van der Waals surface area contributed by atoms with Crippen molar-refractivity contribution in [1.29, 1.82) is 0 Å². The Morgan fingerprint density at radius 3 is 2.75 bits per heavy atom. The summed E-state index contributed by atoms with van der Waals surface area (Å²) in [4.78, 5) is 0. The first-order valence-corrected chi connectivity index (χ1v) is 8.89. The molecule has 24 heavy (non-hydrogen) atoms. The van der Waals surface area contributed by atoms with Crippen molar-refractivity contribution in [3.63, 3.8) is 0 Å². The molecule has 136 valence electrons. The molecule has 0 spiro atoms. The van der Waals surface area contributed by atoms with Gasteiger partial charge in [-0.15, -0.1) is 0 Å². The van der Waals surface area contributed by atoms with Crippen molar-refractivity contribution in [2.75, 3.05) is 13.7 Å². The van der Waals surface area contributed by atoms with Crippen LogP contribution >= 0.6 is 0 Å². The first-order valence-electron chi connectivity index (χ1n) is 8.89. The van der Waals surface area contributed by atoms with E-state index < -0.39 is 17.9 Å². The van der Waals surface area contributed by atoms with Gasteiger partial charge in [-0.05, 0) is 31.2 Å². The summed E-state index contributed by atoms with van der Waals surface area (Å²) in [5, 5.41) is 0. The zero-order chi connectivity index (χ0) is 17.5. The number of hydrogen-bond acceptors (Lipinski definition) is 3. The number of aryl methyl sites for hydroxylation is 1. The van der Waals surface area contributed by atoms with Crippen molar-refractivity contribution in [3.05, 3.63) is 23.3 Å². The molecule has 1 aliphatic rings. The number of unbranched alkanes of at least 4 members (excludes halogenated alkanes) is 1.